The molecule has 1 fully saturated rings. The number of rotatable bonds is 4. The summed E-state index contributed by atoms with van der Waals surface area (Å²) in [6, 6.07) is 0. The fourth-order valence-electron chi connectivity index (χ4n) is 1.87. The molecule has 1 aliphatic rings. The van der Waals surface area contributed by atoms with E-state index in [2.05, 4.69) is 45.0 Å². The van der Waals surface area contributed by atoms with E-state index < -0.39 is 0 Å². The highest BCUT2D eigenvalue weighted by atomic mass is 16.2. The van der Waals surface area contributed by atoms with Crippen LogP contribution in [0.2, 0.25) is 0 Å². The topological polar surface area (TPSA) is 35.6 Å². The molecule has 0 bridgehead atoms. The number of hydrogen-bond acceptors (Lipinski definition) is 3. The lowest BCUT2D eigenvalue weighted by atomic mass is 9.82. The van der Waals surface area contributed by atoms with Gasteiger partial charge in [0.2, 0.25) is 5.91 Å². The van der Waals surface area contributed by atoms with Crippen molar-refractivity contribution in [3.05, 3.63) is 0 Å². The zero-order chi connectivity index (χ0) is 13.8. The molecule has 4 heteroatoms. The Morgan fingerprint density at radius 2 is 1.78 bits per heavy atom. The van der Waals surface area contributed by atoms with Crippen molar-refractivity contribution in [1.29, 1.82) is 0 Å². The summed E-state index contributed by atoms with van der Waals surface area (Å²) in [6.07, 6.45) is 0. The molecule has 0 aliphatic carbocycles. The fraction of sp³-hybridized carbons (Fsp3) is 0.929. The minimum Gasteiger partial charge on any atom is -0.339 e. The lowest BCUT2D eigenvalue weighted by Crippen LogP contribution is -2.50. The van der Waals surface area contributed by atoms with Crippen molar-refractivity contribution in [3.63, 3.8) is 0 Å². The van der Waals surface area contributed by atoms with Crippen LogP contribution in [0.4, 0.5) is 0 Å². The third kappa shape index (κ3) is 4.94. The Morgan fingerprint density at radius 1 is 1.22 bits per heavy atom. The zero-order valence-corrected chi connectivity index (χ0v) is 12.6. The van der Waals surface area contributed by atoms with Crippen LogP contribution >= 0.6 is 0 Å². The van der Waals surface area contributed by atoms with E-state index in [-0.39, 0.29) is 5.91 Å². The number of nitrogens with one attached hydrogen (secondary N) is 1. The van der Waals surface area contributed by atoms with E-state index in [1.165, 1.54) is 0 Å². The van der Waals surface area contributed by atoms with E-state index in [0.29, 0.717) is 17.9 Å². The maximum Gasteiger partial charge on any atom is 0.236 e. The quantitative estimate of drug-likeness (QED) is 0.815. The predicted octanol–water partition coefficient (Wildman–Crippen LogP) is 1.03. The summed E-state index contributed by atoms with van der Waals surface area (Å²) in [7, 11) is 2.10. The van der Waals surface area contributed by atoms with E-state index in [1.807, 2.05) is 4.90 Å². The summed E-state index contributed by atoms with van der Waals surface area (Å²) >= 11 is 0. The molecule has 18 heavy (non-hydrogen) atoms. The Morgan fingerprint density at radius 3 is 2.28 bits per heavy atom. The predicted molar refractivity (Wildman–Crippen MR) is 75.6 cm³/mol. The number of piperazine rings is 1. The van der Waals surface area contributed by atoms with Gasteiger partial charge in [0.15, 0.2) is 0 Å². The number of likely N-dealkylation sites (N-methyl/N-ethyl adjacent to an activating group) is 1. The molecule has 106 valence electrons. The average molecular weight is 255 g/mol. The van der Waals surface area contributed by atoms with Crippen molar-refractivity contribution in [2.45, 2.75) is 27.7 Å². The number of carbonyl (C=O) groups excluding carboxylic acids is 1. The molecule has 1 unspecified atom stereocenters. The van der Waals surface area contributed by atoms with Crippen molar-refractivity contribution >= 4 is 5.91 Å². The summed E-state index contributed by atoms with van der Waals surface area (Å²) in [5.41, 5.74) is 0.296. The van der Waals surface area contributed by atoms with Crippen molar-refractivity contribution in [2.75, 3.05) is 46.3 Å². The van der Waals surface area contributed by atoms with E-state index >= 15 is 0 Å². The van der Waals surface area contributed by atoms with Crippen molar-refractivity contribution in [2.24, 2.45) is 11.3 Å². The molecule has 1 N–H and O–H groups in total. The molecule has 1 saturated heterocycles. The molecule has 0 radical (unpaired) electrons. The second-order valence-corrected chi connectivity index (χ2v) is 6.58. The van der Waals surface area contributed by atoms with Gasteiger partial charge in [0, 0.05) is 26.2 Å². The standard InChI is InChI=1S/C14H29N3O/c1-12(14(2,3)4)10-15-11-13(18)17-8-6-16(5)7-9-17/h12,15H,6-11H2,1-5H3. The first-order chi connectivity index (χ1) is 8.30. The van der Waals surface area contributed by atoms with Crippen LogP contribution in [0.3, 0.4) is 0 Å². The molecular formula is C14H29N3O. The third-order valence-corrected chi connectivity index (χ3v) is 4.06. The Kier molecular flexibility index (Phi) is 5.60. The van der Waals surface area contributed by atoms with Crippen LogP contribution in [0, 0.1) is 11.3 Å². The molecule has 1 amide bonds. The van der Waals surface area contributed by atoms with E-state index in [1.54, 1.807) is 0 Å². The van der Waals surface area contributed by atoms with Crippen LogP contribution in [0.15, 0.2) is 0 Å². The normalized spacial score (nSPS) is 19.9. The van der Waals surface area contributed by atoms with Gasteiger partial charge in [-0.2, -0.15) is 0 Å². The molecule has 1 heterocycles. The highest BCUT2D eigenvalue weighted by Crippen LogP contribution is 2.24. The van der Waals surface area contributed by atoms with Gasteiger partial charge < -0.3 is 15.1 Å². The first kappa shape index (κ1) is 15.4. The molecule has 4 nitrogen and oxygen atoms in total. The van der Waals surface area contributed by atoms with E-state index in [0.717, 1.165) is 32.7 Å². The maximum atomic E-state index is 12.0. The van der Waals surface area contributed by atoms with Gasteiger partial charge >= 0.3 is 0 Å². The first-order valence-corrected chi connectivity index (χ1v) is 6.97. The fourth-order valence-corrected chi connectivity index (χ4v) is 1.87. The zero-order valence-electron chi connectivity index (χ0n) is 12.6. The Labute approximate surface area is 112 Å². The molecule has 0 saturated carbocycles. The van der Waals surface area contributed by atoms with E-state index in [4.69, 9.17) is 0 Å². The van der Waals surface area contributed by atoms with Gasteiger partial charge in [-0.3, -0.25) is 4.79 Å². The van der Waals surface area contributed by atoms with Gasteiger partial charge in [-0.15, -0.1) is 0 Å². The molecule has 0 aromatic rings. The smallest absolute Gasteiger partial charge is 0.236 e. The minimum atomic E-state index is 0.240. The summed E-state index contributed by atoms with van der Waals surface area (Å²) in [5, 5.41) is 3.30. The van der Waals surface area contributed by atoms with Crippen molar-refractivity contribution < 1.29 is 4.79 Å². The minimum absolute atomic E-state index is 0.240. The van der Waals surface area contributed by atoms with Gasteiger partial charge in [-0.1, -0.05) is 27.7 Å². The SMILES string of the molecule is CC(CNCC(=O)N1CCN(C)CC1)C(C)(C)C. The lowest BCUT2D eigenvalue weighted by Gasteiger charge is -2.33. The number of carbonyl (C=O) groups is 1. The van der Waals surface area contributed by atoms with E-state index in [9.17, 15) is 4.79 Å². The van der Waals surface area contributed by atoms with Crippen molar-refractivity contribution in [1.82, 2.24) is 15.1 Å². The number of hydrogen-bond donors (Lipinski definition) is 1. The van der Waals surface area contributed by atoms with Gasteiger partial charge in [-0.25, -0.2) is 0 Å². The molecule has 0 aromatic carbocycles. The molecule has 1 atom stereocenters. The summed E-state index contributed by atoms with van der Waals surface area (Å²) in [4.78, 5) is 16.2. The Bertz CT molecular complexity index is 265. The lowest BCUT2D eigenvalue weighted by molar-refractivity contribution is -0.131. The molecule has 1 rings (SSSR count). The number of amides is 1. The molecular weight excluding hydrogens is 226 g/mol. The van der Waals surface area contributed by atoms with Crippen LogP contribution < -0.4 is 5.32 Å². The average Bonchev–Trinajstić information content (AvgIpc) is 2.28. The highest BCUT2D eigenvalue weighted by Gasteiger charge is 2.21. The molecule has 1 aliphatic heterocycles. The summed E-state index contributed by atoms with van der Waals surface area (Å²) in [6.45, 7) is 14.0. The maximum absolute atomic E-state index is 12.0. The summed E-state index contributed by atoms with van der Waals surface area (Å²) < 4.78 is 0. The largest absolute Gasteiger partial charge is 0.339 e. The van der Waals surface area contributed by atoms with Gasteiger partial charge in [0.1, 0.15) is 0 Å². The highest BCUT2D eigenvalue weighted by molar-refractivity contribution is 5.78. The van der Waals surface area contributed by atoms with Crippen LogP contribution in [-0.2, 0) is 4.79 Å². The van der Waals surface area contributed by atoms with Crippen LogP contribution in [0.1, 0.15) is 27.7 Å². The number of nitrogens with zero attached hydrogens (tertiary/aromatic N) is 2. The Balaban J connectivity index is 2.21. The molecule has 0 spiro atoms. The van der Waals surface area contributed by atoms with Gasteiger partial charge in [0.25, 0.3) is 0 Å². The van der Waals surface area contributed by atoms with Crippen LogP contribution in [-0.4, -0.2) is 62.0 Å². The molecule has 0 aromatic heterocycles. The van der Waals surface area contributed by atoms with Crippen molar-refractivity contribution in [3.8, 4) is 0 Å². The third-order valence-electron chi connectivity index (χ3n) is 4.06. The van der Waals surface area contributed by atoms with Gasteiger partial charge in [-0.05, 0) is 24.9 Å². The van der Waals surface area contributed by atoms with Gasteiger partial charge in [0.05, 0.1) is 6.54 Å². The second kappa shape index (κ2) is 6.53. The second-order valence-electron chi connectivity index (χ2n) is 6.58. The van der Waals surface area contributed by atoms with Crippen LogP contribution in [0.5, 0.6) is 0 Å². The van der Waals surface area contributed by atoms with Crippen LogP contribution in [0.25, 0.3) is 0 Å². The monoisotopic (exact) mass is 255 g/mol. The summed E-state index contributed by atoms with van der Waals surface area (Å²) in [5.74, 6) is 0.807. The first-order valence-electron chi connectivity index (χ1n) is 6.97. The Hall–Kier alpha value is -0.610.